The standard InChI is InChI=1S/C14H18N2O2/c1-5-13-14(7-6-9(2)15-13)17-8-12-10(3)16-18-11(12)4/h6-7H,5,8H2,1-4H3. The Morgan fingerprint density at radius 2 is 2.00 bits per heavy atom. The number of rotatable bonds is 4. The third-order valence-electron chi connectivity index (χ3n) is 2.96. The molecule has 18 heavy (non-hydrogen) atoms. The Bertz CT molecular complexity index is 527. The van der Waals surface area contributed by atoms with E-state index < -0.39 is 0 Å². The molecule has 2 rings (SSSR count). The van der Waals surface area contributed by atoms with E-state index in [0.29, 0.717) is 6.61 Å². The molecule has 96 valence electrons. The number of hydrogen-bond donors (Lipinski definition) is 0. The minimum atomic E-state index is 0.471. The zero-order valence-corrected chi connectivity index (χ0v) is 11.3. The molecule has 0 aliphatic rings. The lowest BCUT2D eigenvalue weighted by molar-refractivity contribution is 0.297. The summed E-state index contributed by atoms with van der Waals surface area (Å²) < 4.78 is 10.9. The fourth-order valence-corrected chi connectivity index (χ4v) is 1.84. The van der Waals surface area contributed by atoms with Crippen molar-refractivity contribution in [3.63, 3.8) is 0 Å². The van der Waals surface area contributed by atoms with Crippen LogP contribution in [0.1, 0.15) is 35.3 Å². The van der Waals surface area contributed by atoms with E-state index in [0.717, 1.165) is 40.6 Å². The highest BCUT2D eigenvalue weighted by molar-refractivity contribution is 5.30. The summed E-state index contributed by atoms with van der Waals surface area (Å²) in [5, 5.41) is 3.91. The van der Waals surface area contributed by atoms with E-state index in [9.17, 15) is 0 Å². The molecule has 2 aromatic heterocycles. The maximum atomic E-state index is 5.83. The molecule has 2 aromatic rings. The van der Waals surface area contributed by atoms with Crippen molar-refractivity contribution in [1.29, 1.82) is 0 Å². The largest absolute Gasteiger partial charge is 0.487 e. The van der Waals surface area contributed by atoms with Crippen LogP contribution in [0.25, 0.3) is 0 Å². The van der Waals surface area contributed by atoms with Crippen LogP contribution in [0.3, 0.4) is 0 Å². The first-order valence-electron chi connectivity index (χ1n) is 6.13. The lowest BCUT2D eigenvalue weighted by Gasteiger charge is -2.10. The quantitative estimate of drug-likeness (QED) is 0.831. The molecule has 0 fully saturated rings. The summed E-state index contributed by atoms with van der Waals surface area (Å²) in [6, 6.07) is 3.93. The van der Waals surface area contributed by atoms with Gasteiger partial charge < -0.3 is 9.26 Å². The van der Waals surface area contributed by atoms with Crippen LogP contribution in [-0.4, -0.2) is 10.1 Å². The van der Waals surface area contributed by atoms with Crippen LogP contribution in [-0.2, 0) is 13.0 Å². The highest BCUT2D eigenvalue weighted by atomic mass is 16.5. The summed E-state index contributed by atoms with van der Waals surface area (Å²) in [7, 11) is 0. The maximum absolute atomic E-state index is 5.83. The zero-order chi connectivity index (χ0) is 13.1. The van der Waals surface area contributed by atoms with Crippen molar-refractivity contribution in [3.8, 4) is 5.75 Å². The molecule has 2 heterocycles. The second-order valence-corrected chi connectivity index (χ2v) is 4.34. The molecule has 0 spiro atoms. The highest BCUT2D eigenvalue weighted by Crippen LogP contribution is 2.21. The normalized spacial score (nSPS) is 10.7. The predicted molar refractivity (Wildman–Crippen MR) is 68.7 cm³/mol. The number of aryl methyl sites for hydroxylation is 4. The van der Waals surface area contributed by atoms with Crippen LogP contribution < -0.4 is 4.74 Å². The smallest absolute Gasteiger partial charge is 0.141 e. The summed E-state index contributed by atoms with van der Waals surface area (Å²) in [6.07, 6.45) is 0.860. The van der Waals surface area contributed by atoms with Gasteiger partial charge in [-0.25, -0.2) is 0 Å². The molecule has 0 amide bonds. The third-order valence-corrected chi connectivity index (χ3v) is 2.96. The lowest BCUT2D eigenvalue weighted by Crippen LogP contribution is -2.02. The Kier molecular flexibility index (Phi) is 3.65. The van der Waals surface area contributed by atoms with E-state index in [2.05, 4.69) is 17.1 Å². The van der Waals surface area contributed by atoms with Gasteiger partial charge in [-0.3, -0.25) is 4.98 Å². The molecule has 0 aromatic carbocycles. The molecule has 0 bridgehead atoms. The van der Waals surface area contributed by atoms with Gasteiger partial charge >= 0.3 is 0 Å². The van der Waals surface area contributed by atoms with Gasteiger partial charge in [-0.2, -0.15) is 0 Å². The zero-order valence-electron chi connectivity index (χ0n) is 11.3. The molecule has 4 nitrogen and oxygen atoms in total. The van der Waals surface area contributed by atoms with Gasteiger partial charge in [-0.15, -0.1) is 0 Å². The van der Waals surface area contributed by atoms with E-state index in [4.69, 9.17) is 9.26 Å². The summed E-state index contributed by atoms with van der Waals surface area (Å²) in [6.45, 7) is 8.34. The van der Waals surface area contributed by atoms with Crippen LogP contribution >= 0.6 is 0 Å². The Morgan fingerprint density at radius 1 is 1.22 bits per heavy atom. The van der Waals surface area contributed by atoms with Gasteiger partial charge in [0.15, 0.2) is 0 Å². The first-order chi connectivity index (χ1) is 8.61. The first kappa shape index (κ1) is 12.6. The van der Waals surface area contributed by atoms with Gasteiger partial charge in [0.1, 0.15) is 18.1 Å². The van der Waals surface area contributed by atoms with E-state index in [1.165, 1.54) is 0 Å². The van der Waals surface area contributed by atoms with Crippen molar-refractivity contribution in [2.24, 2.45) is 0 Å². The van der Waals surface area contributed by atoms with Crippen LogP contribution in [0, 0.1) is 20.8 Å². The Morgan fingerprint density at radius 3 is 2.61 bits per heavy atom. The molecule has 0 N–H and O–H groups in total. The molecule has 0 radical (unpaired) electrons. The molecule has 4 heteroatoms. The molecule has 0 atom stereocenters. The molecule has 0 aliphatic carbocycles. The van der Waals surface area contributed by atoms with Crippen molar-refractivity contribution in [2.45, 2.75) is 40.7 Å². The summed E-state index contributed by atoms with van der Waals surface area (Å²) in [4.78, 5) is 4.47. The second-order valence-electron chi connectivity index (χ2n) is 4.34. The van der Waals surface area contributed by atoms with Crippen molar-refractivity contribution >= 4 is 0 Å². The third kappa shape index (κ3) is 2.53. The monoisotopic (exact) mass is 246 g/mol. The number of aromatic nitrogens is 2. The van der Waals surface area contributed by atoms with E-state index in [-0.39, 0.29) is 0 Å². The van der Waals surface area contributed by atoms with Gasteiger partial charge in [-0.1, -0.05) is 12.1 Å². The maximum Gasteiger partial charge on any atom is 0.141 e. The first-order valence-corrected chi connectivity index (χ1v) is 6.13. The molecule has 0 unspecified atom stereocenters. The minimum absolute atomic E-state index is 0.471. The number of ether oxygens (including phenoxy) is 1. The van der Waals surface area contributed by atoms with Crippen LogP contribution in [0.15, 0.2) is 16.7 Å². The number of pyridine rings is 1. The number of nitrogens with zero attached hydrogens (tertiary/aromatic N) is 2. The second kappa shape index (κ2) is 5.21. The topological polar surface area (TPSA) is 48.2 Å². The average Bonchev–Trinajstić information content (AvgIpc) is 2.68. The SMILES string of the molecule is CCc1nc(C)ccc1OCc1c(C)noc1C. The fourth-order valence-electron chi connectivity index (χ4n) is 1.84. The van der Waals surface area contributed by atoms with Gasteiger partial charge in [0.25, 0.3) is 0 Å². The summed E-state index contributed by atoms with van der Waals surface area (Å²) in [5.41, 5.74) is 3.89. The van der Waals surface area contributed by atoms with Crippen LogP contribution in [0.2, 0.25) is 0 Å². The molecule has 0 aliphatic heterocycles. The number of hydrogen-bond acceptors (Lipinski definition) is 4. The summed E-state index contributed by atoms with van der Waals surface area (Å²) in [5.74, 6) is 1.65. The summed E-state index contributed by atoms with van der Waals surface area (Å²) >= 11 is 0. The Labute approximate surface area is 107 Å². The highest BCUT2D eigenvalue weighted by Gasteiger charge is 2.11. The van der Waals surface area contributed by atoms with E-state index in [1.807, 2.05) is 32.9 Å². The Balaban J connectivity index is 2.15. The van der Waals surface area contributed by atoms with Crippen molar-refractivity contribution in [1.82, 2.24) is 10.1 Å². The van der Waals surface area contributed by atoms with Gasteiger partial charge in [0.05, 0.1) is 17.0 Å². The van der Waals surface area contributed by atoms with Crippen molar-refractivity contribution < 1.29 is 9.26 Å². The molecule has 0 saturated carbocycles. The van der Waals surface area contributed by atoms with E-state index in [1.54, 1.807) is 0 Å². The Hall–Kier alpha value is -1.84. The van der Waals surface area contributed by atoms with Gasteiger partial charge in [-0.05, 0) is 39.3 Å². The van der Waals surface area contributed by atoms with Crippen molar-refractivity contribution in [3.05, 3.63) is 40.5 Å². The lowest BCUT2D eigenvalue weighted by atomic mass is 10.2. The molecular formula is C14H18N2O2. The van der Waals surface area contributed by atoms with Crippen LogP contribution in [0.4, 0.5) is 0 Å². The molecule has 0 saturated heterocycles. The van der Waals surface area contributed by atoms with E-state index >= 15 is 0 Å². The predicted octanol–water partition coefficient (Wildman–Crippen LogP) is 3.14. The van der Waals surface area contributed by atoms with Gasteiger partial charge in [0.2, 0.25) is 0 Å². The molecular weight excluding hydrogens is 228 g/mol. The van der Waals surface area contributed by atoms with Crippen molar-refractivity contribution in [2.75, 3.05) is 0 Å². The minimum Gasteiger partial charge on any atom is -0.487 e. The average molecular weight is 246 g/mol. The van der Waals surface area contributed by atoms with Gasteiger partial charge in [0, 0.05) is 5.69 Å². The fraction of sp³-hybridized carbons (Fsp3) is 0.429. The van der Waals surface area contributed by atoms with Crippen LogP contribution in [0.5, 0.6) is 5.75 Å².